The minimum Gasteiger partial charge on any atom is -0.507 e. The second-order valence-corrected chi connectivity index (χ2v) is 5.44. The number of aromatic hydroxyl groups is 1. The first kappa shape index (κ1) is 14.5. The van der Waals surface area contributed by atoms with Crippen molar-refractivity contribution in [3.05, 3.63) is 52.0 Å². The van der Waals surface area contributed by atoms with Gasteiger partial charge in [0.2, 0.25) is 0 Å². The van der Waals surface area contributed by atoms with Gasteiger partial charge in [0.05, 0.1) is 6.04 Å². The molecule has 1 atom stereocenters. The summed E-state index contributed by atoms with van der Waals surface area (Å²) in [5.74, 6) is -1.65. The predicted octanol–water partition coefficient (Wildman–Crippen LogP) is 3.86. The number of hydrogen-bond acceptors (Lipinski definition) is 3. The average molecular weight is 293 g/mol. The highest BCUT2D eigenvalue weighted by atomic mass is 32.1. The topological polar surface area (TPSA) is 49.3 Å². The van der Waals surface area contributed by atoms with Crippen molar-refractivity contribution in [3.8, 4) is 5.75 Å². The summed E-state index contributed by atoms with van der Waals surface area (Å²) in [5, 5.41) is 14.4. The van der Waals surface area contributed by atoms with Crippen LogP contribution in [0.2, 0.25) is 0 Å². The molecule has 0 aliphatic heterocycles. The fraction of sp³-hybridized carbons (Fsp3) is 0.267. The number of rotatable bonds is 5. The lowest BCUT2D eigenvalue weighted by Gasteiger charge is -2.17. The van der Waals surface area contributed by atoms with Crippen molar-refractivity contribution in [3.63, 3.8) is 0 Å². The molecule has 1 heterocycles. The molecule has 106 valence electrons. The Bertz CT molecular complexity index is 563. The van der Waals surface area contributed by atoms with E-state index in [1.807, 2.05) is 24.4 Å². The van der Waals surface area contributed by atoms with Gasteiger partial charge in [0.15, 0.2) is 0 Å². The molecular weight excluding hydrogens is 277 g/mol. The van der Waals surface area contributed by atoms with Crippen molar-refractivity contribution in [2.24, 2.45) is 0 Å². The molecule has 5 heteroatoms. The molecule has 1 aromatic heterocycles. The van der Waals surface area contributed by atoms with Gasteiger partial charge in [-0.25, -0.2) is 4.39 Å². The minimum atomic E-state index is -0.719. The number of nitrogens with one attached hydrogen (secondary N) is 1. The number of thiophene rings is 1. The van der Waals surface area contributed by atoms with Crippen LogP contribution in [0.15, 0.2) is 35.7 Å². The molecule has 3 nitrogen and oxygen atoms in total. The van der Waals surface area contributed by atoms with E-state index in [-0.39, 0.29) is 17.4 Å². The van der Waals surface area contributed by atoms with Gasteiger partial charge in [-0.2, -0.15) is 0 Å². The van der Waals surface area contributed by atoms with Crippen LogP contribution in [0.5, 0.6) is 5.75 Å². The maximum atomic E-state index is 13.7. The third-order valence-corrected chi connectivity index (χ3v) is 3.97. The lowest BCUT2D eigenvalue weighted by Crippen LogP contribution is -2.28. The Kier molecular flexibility index (Phi) is 4.74. The van der Waals surface area contributed by atoms with Crippen LogP contribution < -0.4 is 5.32 Å². The van der Waals surface area contributed by atoms with E-state index in [1.54, 1.807) is 11.3 Å². The lowest BCUT2D eigenvalue weighted by atomic mass is 10.1. The summed E-state index contributed by atoms with van der Waals surface area (Å²) in [6.07, 6.45) is 1.66. The fourth-order valence-electron chi connectivity index (χ4n) is 2.03. The van der Waals surface area contributed by atoms with Gasteiger partial charge in [-0.1, -0.05) is 25.5 Å². The third kappa shape index (κ3) is 3.17. The van der Waals surface area contributed by atoms with E-state index in [4.69, 9.17) is 0 Å². The van der Waals surface area contributed by atoms with E-state index < -0.39 is 11.7 Å². The SMILES string of the molecule is CCCC(NC(=O)c1c(O)cccc1F)c1cccs1. The smallest absolute Gasteiger partial charge is 0.258 e. The monoisotopic (exact) mass is 293 g/mol. The molecule has 2 aromatic rings. The number of carbonyl (C=O) groups is 1. The first-order valence-electron chi connectivity index (χ1n) is 6.45. The highest BCUT2D eigenvalue weighted by Gasteiger charge is 2.21. The molecule has 0 saturated carbocycles. The van der Waals surface area contributed by atoms with E-state index >= 15 is 0 Å². The molecule has 2 rings (SSSR count). The van der Waals surface area contributed by atoms with Crippen molar-refractivity contribution < 1.29 is 14.3 Å². The van der Waals surface area contributed by atoms with E-state index in [0.29, 0.717) is 0 Å². The molecule has 20 heavy (non-hydrogen) atoms. The van der Waals surface area contributed by atoms with Crippen LogP contribution in [0, 0.1) is 5.82 Å². The minimum absolute atomic E-state index is 0.161. The van der Waals surface area contributed by atoms with Crippen LogP contribution >= 0.6 is 11.3 Å². The molecule has 1 aromatic carbocycles. The molecular formula is C15H16FNO2S. The van der Waals surface area contributed by atoms with Crippen LogP contribution in [0.25, 0.3) is 0 Å². The molecule has 1 unspecified atom stereocenters. The molecule has 0 radical (unpaired) electrons. The summed E-state index contributed by atoms with van der Waals surface area (Å²) in [6.45, 7) is 2.02. The summed E-state index contributed by atoms with van der Waals surface area (Å²) in [4.78, 5) is 13.2. The Morgan fingerprint density at radius 2 is 2.20 bits per heavy atom. The van der Waals surface area contributed by atoms with Crippen molar-refractivity contribution >= 4 is 17.2 Å². The molecule has 0 spiro atoms. The molecule has 0 fully saturated rings. The predicted molar refractivity (Wildman–Crippen MR) is 77.5 cm³/mol. The van der Waals surface area contributed by atoms with E-state index in [1.165, 1.54) is 12.1 Å². The Hall–Kier alpha value is -1.88. The summed E-state index contributed by atoms with van der Waals surface area (Å²) < 4.78 is 13.7. The van der Waals surface area contributed by atoms with Crippen molar-refractivity contribution in [2.75, 3.05) is 0 Å². The number of hydrogen-bond donors (Lipinski definition) is 2. The highest BCUT2D eigenvalue weighted by molar-refractivity contribution is 7.10. The van der Waals surface area contributed by atoms with Crippen LogP contribution in [-0.2, 0) is 0 Å². The number of carbonyl (C=O) groups excluding carboxylic acids is 1. The average Bonchev–Trinajstić information content (AvgIpc) is 2.91. The zero-order valence-electron chi connectivity index (χ0n) is 11.1. The third-order valence-electron chi connectivity index (χ3n) is 2.99. The number of benzene rings is 1. The standard InChI is InChI=1S/C15H16FNO2S/c1-2-5-11(13-8-4-9-20-13)17-15(19)14-10(16)6-3-7-12(14)18/h3-4,6-9,11,18H,2,5H2,1H3,(H,17,19). The van der Waals surface area contributed by atoms with Gasteiger partial charge in [-0.05, 0) is 30.0 Å². The summed E-state index contributed by atoms with van der Waals surface area (Å²) in [5.41, 5.74) is -0.301. The molecule has 0 aliphatic carbocycles. The van der Waals surface area contributed by atoms with Crippen LogP contribution in [0.3, 0.4) is 0 Å². The Morgan fingerprint density at radius 3 is 2.80 bits per heavy atom. The first-order chi connectivity index (χ1) is 9.63. The quantitative estimate of drug-likeness (QED) is 0.879. The maximum Gasteiger partial charge on any atom is 0.258 e. The molecule has 0 saturated heterocycles. The van der Waals surface area contributed by atoms with Gasteiger partial charge < -0.3 is 10.4 Å². The van der Waals surface area contributed by atoms with Crippen molar-refractivity contribution in [2.45, 2.75) is 25.8 Å². The molecule has 2 N–H and O–H groups in total. The van der Waals surface area contributed by atoms with Gasteiger partial charge in [-0.3, -0.25) is 4.79 Å². The van der Waals surface area contributed by atoms with E-state index in [2.05, 4.69) is 5.32 Å². The van der Waals surface area contributed by atoms with Crippen LogP contribution in [0.1, 0.15) is 41.0 Å². The Labute approximate surface area is 121 Å². The van der Waals surface area contributed by atoms with Gasteiger partial charge in [-0.15, -0.1) is 11.3 Å². The lowest BCUT2D eigenvalue weighted by molar-refractivity contribution is 0.0928. The van der Waals surface area contributed by atoms with Gasteiger partial charge in [0.25, 0.3) is 5.91 Å². The van der Waals surface area contributed by atoms with Crippen molar-refractivity contribution in [1.29, 1.82) is 0 Å². The number of halogens is 1. The summed E-state index contributed by atoms with van der Waals surface area (Å²) >= 11 is 1.55. The Balaban J connectivity index is 2.21. The number of phenols is 1. The maximum absolute atomic E-state index is 13.7. The highest BCUT2D eigenvalue weighted by Crippen LogP contribution is 2.25. The summed E-state index contributed by atoms with van der Waals surface area (Å²) in [7, 11) is 0. The second kappa shape index (κ2) is 6.52. The van der Waals surface area contributed by atoms with Gasteiger partial charge >= 0.3 is 0 Å². The van der Waals surface area contributed by atoms with E-state index in [9.17, 15) is 14.3 Å². The zero-order chi connectivity index (χ0) is 14.5. The normalized spacial score (nSPS) is 12.1. The summed E-state index contributed by atoms with van der Waals surface area (Å²) in [6, 6.07) is 7.52. The fourth-order valence-corrected chi connectivity index (χ4v) is 2.84. The van der Waals surface area contributed by atoms with Crippen LogP contribution in [0.4, 0.5) is 4.39 Å². The first-order valence-corrected chi connectivity index (χ1v) is 7.33. The van der Waals surface area contributed by atoms with Crippen molar-refractivity contribution in [1.82, 2.24) is 5.32 Å². The number of phenolic OH excluding ortho intramolecular Hbond substituents is 1. The van der Waals surface area contributed by atoms with Crippen LogP contribution in [-0.4, -0.2) is 11.0 Å². The molecule has 0 bridgehead atoms. The van der Waals surface area contributed by atoms with E-state index in [0.717, 1.165) is 23.8 Å². The van der Waals surface area contributed by atoms with Gasteiger partial charge in [0.1, 0.15) is 17.1 Å². The molecule has 1 amide bonds. The zero-order valence-corrected chi connectivity index (χ0v) is 11.9. The molecule has 0 aliphatic rings. The van der Waals surface area contributed by atoms with Gasteiger partial charge in [0, 0.05) is 4.88 Å². The largest absolute Gasteiger partial charge is 0.507 e. The second-order valence-electron chi connectivity index (χ2n) is 4.46. The number of amides is 1. The Morgan fingerprint density at radius 1 is 1.40 bits per heavy atom.